The van der Waals surface area contributed by atoms with Gasteiger partial charge in [-0.1, -0.05) is 23.2 Å². The van der Waals surface area contributed by atoms with Crippen LogP contribution >= 0.6 is 47.1 Å². The number of halogens is 3. The van der Waals surface area contributed by atoms with E-state index in [1.807, 2.05) is 0 Å². The highest BCUT2D eigenvalue weighted by Gasteiger charge is 2.16. The molecule has 7 heteroatoms. The molecule has 0 amide bonds. The van der Waals surface area contributed by atoms with Crippen LogP contribution in [0.2, 0.25) is 9.49 Å². The molecule has 0 spiro atoms. The molecule has 0 radical (unpaired) electrons. The van der Waals surface area contributed by atoms with E-state index in [2.05, 4.69) is 4.37 Å². The molecular formula is C4H2Cl3NO2S. The molecule has 0 fully saturated rings. The zero-order valence-corrected chi connectivity index (χ0v) is 8.02. The molecule has 0 aliphatic heterocycles. The van der Waals surface area contributed by atoms with E-state index in [0.717, 1.165) is 11.5 Å². The van der Waals surface area contributed by atoms with Gasteiger partial charge in [0.25, 0.3) is 0 Å². The third kappa shape index (κ3) is 2.20. The molecular weight excluding hydrogens is 232 g/mol. The van der Waals surface area contributed by atoms with Crippen LogP contribution in [0.4, 0.5) is 0 Å². The van der Waals surface area contributed by atoms with Gasteiger partial charge in [0.2, 0.25) is 0 Å². The lowest BCUT2D eigenvalue weighted by atomic mass is 10.4. The van der Waals surface area contributed by atoms with Gasteiger partial charge >= 0.3 is 5.97 Å². The lowest BCUT2D eigenvalue weighted by molar-refractivity contribution is 0.0697. The summed E-state index contributed by atoms with van der Waals surface area (Å²) in [6.45, 7) is 0. The predicted octanol–water partition coefficient (Wildman–Crippen LogP) is 2.57. The highest BCUT2D eigenvalue weighted by molar-refractivity contribution is 7.11. The lowest BCUT2D eigenvalue weighted by Crippen LogP contribution is -1.94. The number of hydrogen-bond donors (Lipinski definition) is 1. The van der Waals surface area contributed by atoms with Gasteiger partial charge in [0.05, 0.1) is 0 Å². The maximum absolute atomic E-state index is 10.3. The smallest absolute Gasteiger partial charge is 0.341 e. The maximum Gasteiger partial charge on any atom is 0.341 e. The van der Waals surface area contributed by atoms with Gasteiger partial charge in [0.15, 0.2) is 5.15 Å². The van der Waals surface area contributed by atoms with Crippen LogP contribution in [0.25, 0.3) is 0 Å². The third-order valence-electron chi connectivity index (χ3n) is 0.823. The fourth-order valence-corrected chi connectivity index (χ4v) is 1.61. The zero-order valence-electron chi connectivity index (χ0n) is 4.88. The summed E-state index contributed by atoms with van der Waals surface area (Å²) in [5, 5.41) is 8.38. The van der Waals surface area contributed by atoms with E-state index >= 15 is 0 Å². The maximum atomic E-state index is 10.3. The SMILES string of the molecule is Cl.O=C(O)c1c(Cl)nsc1Cl. The summed E-state index contributed by atoms with van der Waals surface area (Å²) in [5.74, 6) is -1.15. The Balaban J connectivity index is 0.000001000. The molecule has 0 aliphatic carbocycles. The molecule has 0 saturated heterocycles. The summed E-state index contributed by atoms with van der Waals surface area (Å²) in [6, 6.07) is 0. The highest BCUT2D eigenvalue weighted by Crippen LogP contribution is 2.27. The molecule has 11 heavy (non-hydrogen) atoms. The summed E-state index contributed by atoms with van der Waals surface area (Å²) in [7, 11) is 0. The first-order valence-electron chi connectivity index (χ1n) is 2.17. The molecule has 1 aromatic heterocycles. The predicted molar refractivity (Wildman–Crippen MR) is 46.3 cm³/mol. The number of carboxylic acid groups (broad SMARTS) is 1. The van der Waals surface area contributed by atoms with Crippen molar-refractivity contribution in [3.63, 3.8) is 0 Å². The monoisotopic (exact) mass is 233 g/mol. The van der Waals surface area contributed by atoms with Crippen LogP contribution < -0.4 is 0 Å². The van der Waals surface area contributed by atoms with Crippen LogP contribution in [0.5, 0.6) is 0 Å². The van der Waals surface area contributed by atoms with Crippen molar-refractivity contribution >= 4 is 53.1 Å². The van der Waals surface area contributed by atoms with Crippen molar-refractivity contribution in [2.24, 2.45) is 0 Å². The Labute approximate surface area is 82.5 Å². The highest BCUT2D eigenvalue weighted by atomic mass is 35.5. The molecule has 62 valence electrons. The Kier molecular flexibility index (Phi) is 4.10. The van der Waals surface area contributed by atoms with E-state index in [4.69, 9.17) is 28.3 Å². The van der Waals surface area contributed by atoms with Gasteiger partial charge in [-0.15, -0.1) is 12.4 Å². The van der Waals surface area contributed by atoms with Crippen LogP contribution in [-0.2, 0) is 0 Å². The first kappa shape index (κ1) is 11.0. The van der Waals surface area contributed by atoms with Crippen molar-refractivity contribution < 1.29 is 9.90 Å². The van der Waals surface area contributed by atoms with Crippen LogP contribution in [-0.4, -0.2) is 15.4 Å². The number of rotatable bonds is 1. The fourth-order valence-electron chi connectivity index (χ4n) is 0.425. The molecule has 0 aliphatic rings. The Bertz CT molecular complexity index is 255. The Hall–Kier alpha value is -0.0300. The third-order valence-corrected chi connectivity index (χ3v) is 2.23. The number of aromatic nitrogens is 1. The summed E-state index contributed by atoms with van der Waals surface area (Å²) < 4.78 is 3.64. The van der Waals surface area contributed by atoms with Gasteiger partial charge in [0, 0.05) is 0 Å². The Morgan fingerprint density at radius 1 is 1.55 bits per heavy atom. The van der Waals surface area contributed by atoms with Gasteiger partial charge in [-0.05, 0) is 11.5 Å². The van der Waals surface area contributed by atoms with Crippen LogP contribution in [0.1, 0.15) is 10.4 Å². The standard InChI is InChI=1S/C4HCl2NO2S.ClH/c5-2-1(4(8)9)3(6)10-7-2;/h(H,8,9);1H. The Morgan fingerprint density at radius 2 is 2.09 bits per heavy atom. The molecule has 0 unspecified atom stereocenters. The second kappa shape index (κ2) is 4.11. The number of nitrogens with zero attached hydrogens (tertiary/aromatic N) is 1. The number of carbonyl (C=O) groups is 1. The van der Waals surface area contributed by atoms with Crippen molar-refractivity contribution in [1.29, 1.82) is 0 Å². The second-order valence-corrected chi connectivity index (χ2v) is 3.16. The molecule has 1 aromatic rings. The molecule has 0 saturated carbocycles. The van der Waals surface area contributed by atoms with Crippen LogP contribution in [0.3, 0.4) is 0 Å². The van der Waals surface area contributed by atoms with Crippen molar-refractivity contribution in [2.75, 3.05) is 0 Å². The summed E-state index contributed by atoms with van der Waals surface area (Å²) >= 11 is 11.7. The van der Waals surface area contributed by atoms with Crippen molar-refractivity contribution in [2.45, 2.75) is 0 Å². The Morgan fingerprint density at radius 3 is 2.27 bits per heavy atom. The first-order chi connectivity index (χ1) is 4.63. The van der Waals surface area contributed by atoms with E-state index in [1.54, 1.807) is 0 Å². The van der Waals surface area contributed by atoms with Crippen LogP contribution in [0, 0.1) is 0 Å². The van der Waals surface area contributed by atoms with Gasteiger partial charge in [-0.2, -0.15) is 4.37 Å². The fraction of sp³-hybridized carbons (Fsp3) is 0. The molecule has 0 atom stereocenters. The van der Waals surface area contributed by atoms with Gasteiger partial charge in [0.1, 0.15) is 9.90 Å². The average molecular weight is 234 g/mol. The van der Waals surface area contributed by atoms with E-state index in [-0.39, 0.29) is 27.5 Å². The molecule has 1 N–H and O–H groups in total. The van der Waals surface area contributed by atoms with E-state index in [9.17, 15) is 4.79 Å². The zero-order chi connectivity index (χ0) is 7.72. The molecule has 1 heterocycles. The summed E-state index contributed by atoms with van der Waals surface area (Å²) in [6.07, 6.45) is 0. The first-order valence-corrected chi connectivity index (χ1v) is 3.70. The van der Waals surface area contributed by atoms with Crippen LogP contribution in [0.15, 0.2) is 0 Å². The lowest BCUT2D eigenvalue weighted by Gasteiger charge is -1.86. The minimum absolute atomic E-state index is 0. The molecule has 0 bridgehead atoms. The van der Waals surface area contributed by atoms with Gasteiger partial charge in [-0.25, -0.2) is 4.79 Å². The minimum atomic E-state index is -1.15. The van der Waals surface area contributed by atoms with Gasteiger partial charge < -0.3 is 5.11 Å². The van der Waals surface area contributed by atoms with E-state index < -0.39 is 5.97 Å². The van der Waals surface area contributed by atoms with Crippen molar-refractivity contribution in [3.8, 4) is 0 Å². The molecule has 3 nitrogen and oxygen atoms in total. The second-order valence-electron chi connectivity index (χ2n) is 1.43. The summed E-state index contributed by atoms with van der Waals surface area (Å²) in [4.78, 5) is 10.3. The summed E-state index contributed by atoms with van der Waals surface area (Å²) in [5.41, 5.74) is -0.117. The van der Waals surface area contributed by atoms with Crippen molar-refractivity contribution in [1.82, 2.24) is 4.37 Å². The number of carboxylic acids is 1. The van der Waals surface area contributed by atoms with Gasteiger partial charge in [-0.3, -0.25) is 0 Å². The number of aromatic carboxylic acids is 1. The largest absolute Gasteiger partial charge is 0.477 e. The quantitative estimate of drug-likeness (QED) is 0.812. The topological polar surface area (TPSA) is 50.2 Å². The normalized spacial score (nSPS) is 8.91. The molecule has 0 aromatic carbocycles. The number of hydrogen-bond acceptors (Lipinski definition) is 3. The van der Waals surface area contributed by atoms with Crippen molar-refractivity contribution in [3.05, 3.63) is 15.1 Å². The molecule has 1 rings (SSSR count). The van der Waals surface area contributed by atoms with E-state index in [0.29, 0.717) is 0 Å². The van der Waals surface area contributed by atoms with E-state index in [1.165, 1.54) is 0 Å². The minimum Gasteiger partial charge on any atom is -0.477 e. The average Bonchev–Trinajstić information content (AvgIpc) is 2.11.